The van der Waals surface area contributed by atoms with Crippen molar-refractivity contribution in [3.05, 3.63) is 76.4 Å². The Morgan fingerprint density at radius 2 is 2.08 bits per heavy atom. The van der Waals surface area contributed by atoms with Crippen LogP contribution in [0.4, 0.5) is 0 Å². The molecule has 2 unspecified atom stereocenters. The molecular formula is C32H41N5O3. The van der Waals surface area contributed by atoms with E-state index in [4.69, 9.17) is 4.74 Å². The highest BCUT2D eigenvalue weighted by atomic mass is 16.5. The molecule has 212 valence electrons. The fraction of sp³-hybridized carbons (Fsp3) is 0.500. The Kier molecular flexibility index (Phi) is 7.33. The van der Waals surface area contributed by atoms with Gasteiger partial charge in [0.05, 0.1) is 22.5 Å². The minimum atomic E-state index is -1.04. The molecule has 0 spiro atoms. The Morgan fingerprint density at radius 1 is 1.30 bits per heavy atom. The van der Waals surface area contributed by atoms with Crippen molar-refractivity contribution in [1.82, 2.24) is 24.9 Å². The van der Waals surface area contributed by atoms with Gasteiger partial charge in [-0.3, -0.25) is 14.7 Å². The van der Waals surface area contributed by atoms with Crippen LogP contribution in [0.1, 0.15) is 86.6 Å². The number of carboxylic acids is 1. The smallest absolute Gasteiger partial charge is 0.309 e. The molecule has 0 saturated heterocycles. The molecule has 3 aromatic rings. The van der Waals surface area contributed by atoms with Gasteiger partial charge < -0.3 is 9.84 Å². The van der Waals surface area contributed by atoms with E-state index >= 15 is 0 Å². The molecule has 0 saturated carbocycles. The lowest BCUT2D eigenvalue weighted by Gasteiger charge is -2.47. The average Bonchev–Trinajstić information content (AvgIpc) is 3.19. The van der Waals surface area contributed by atoms with Crippen LogP contribution in [0.5, 0.6) is 5.75 Å². The van der Waals surface area contributed by atoms with Gasteiger partial charge in [-0.2, -0.15) is 0 Å². The maximum absolute atomic E-state index is 12.8. The predicted molar refractivity (Wildman–Crippen MR) is 155 cm³/mol. The summed E-state index contributed by atoms with van der Waals surface area (Å²) in [6.07, 6.45) is 7.05. The summed E-state index contributed by atoms with van der Waals surface area (Å²) in [5.74, 6) is -0.286. The molecule has 5 rings (SSSR count). The molecule has 8 heteroatoms. The Bertz CT molecular complexity index is 1440. The first-order chi connectivity index (χ1) is 19.0. The number of ether oxygens (including phenoxy) is 1. The molecule has 0 radical (unpaired) electrons. The molecule has 1 aliphatic heterocycles. The fourth-order valence-corrected chi connectivity index (χ4v) is 6.65. The molecule has 1 aliphatic carbocycles. The molecule has 0 bridgehead atoms. The summed E-state index contributed by atoms with van der Waals surface area (Å²) in [5.41, 5.74) is 4.70. The van der Waals surface area contributed by atoms with E-state index in [0.29, 0.717) is 6.54 Å². The first-order valence-electron chi connectivity index (χ1n) is 14.2. The summed E-state index contributed by atoms with van der Waals surface area (Å²) in [6, 6.07) is 10.4. The summed E-state index contributed by atoms with van der Waals surface area (Å²) < 4.78 is 8.06. The largest absolute Gasteiger partial charge is 0.487 e. The molecular weight excluding hydrogens is 502 g/mol. The van der Waals surface area contributed by atoms with Gasteiger partial charge in [-0.1, -0.05) is 50.3 Å². The third-order valence-corrected chi connectivity index (χ3v) is 9.27. The zero-order valence-electron chi connectivity index (χ0n) is 24.7. The Morgan fingerprint density at radius 3 is 2.80 bits per heavy atom. The Hall–Kier alpha value is -3.52. The summed E-state index contributed by atoms with van der Waals surface area (Å²) in [7, 11) is 1.89. The molecule has 3 heterocycles. The number of aromatic nitrogens is 4. The lowest BCUT2D eigenvalue weighted by molar-refractivity contribution is -0.150. The number of aryl methyl sites for hydroxylation is 2. The highest BCUT2D eigenvalue weighted by Crippen LogP contribution is 2.57. The number of nitrogens with zero attached hydrogens (tertiary/aromatic N) is 5. The average molecular weight is 544 g/mol. The standard InChI is InChI=1S/C32H41N5O3/c1-8-24-18-37(19-25-27(40-24)10-9-15-33-25)17-23-16-22(12-11-20(23)2)29(31(4,5)30(38)39)32(6)14-13-26-28(21(32)3)34-35-36(26)7/h9-16,21,24,29H,8,17-19H2,1-7H3,(H,38,39)/t21?,24-,29-,32?/m1/s1. The zero-order chi connectivity index (χ0) is 28.8. The minimum absolute atomic E-state index is 0.0229. The fourth-order valence-electron chi connectivity index (χ4n) is 6.65. The molecule has 1 N–H and O–H groups in total. The number of carbonyl (C=O) groups is 1. The van der Waals surface area contributed by atoms with E-state index in [2.05, 4.69) is 78.2 Å². The van der Waals surface area contributed by atoms with Gasteiger partial charge in [0.1, 0.15) is 11.9 Å². The van der Waals surface area contributed by atoms with Crippen LogP contribution in [0.15, 0.2) is 42.6 Å². The summed E-state index contributed by atoms with van der Waals surface area (Å²) in [6.45, 7) is 14.5. The van der Waals surface area contributed by atoms with Crippen molar-refractivity contribution in [3.8, 4) is 5.75 Å². The molecule has 2 aliphatic rings. The van der Waals surface area contributed by atoms with E-state index in [0.717, 1.165) is 47.9 Å². The van der Waals surface area contributed by atoms with Gasteiger partial charge in [0, 0.05) is 50.1 Å². The van der Waals surface area contributed by atoms with Crippen molar-refractivity contribution < 1.29 is 14.6 Å². The van der Waals surface area contributed by atoms with E-state index in [-0.39, 0.29) is 17.9 Å². The second kappa shape index (κ2) is 10.5. The SMILES string of the molecule is CC[C@@H]1CN(Cc2cc([C@H](C(C)(C)C(=O)O)C3(C)C=Cc4c(nnn4C)C3C)ccc2C)Cc2ncccc2O1. The van der Waals surface area contributed by atoms with Gasteiger partial charge in [-0.05, 0) is 62.1 Å². The van der Waals surface area contributed by atoms with E-state index in [9.17, 15) is 9.90 Å². The molecule has 8 nitrogen and oxygen atoms in total. The molecule has 1 aromatic carbocycles. The zero-order valence-corrected chi connectivity index (χ0v) is 24.7. The number of hydrogen-bond donors (Lipinski definition) is 1. The normalized spacial score (nSPS) is 23.6. The lowest BCUT2D eigenvalue weighted by atomic mass is 9.55. The van der Waals surface area contributed by atoms with Crippen LogP contribution < -0.4 is 4.74 Å². The Labute approximate surface area is 237 Å². The third-order valence-electron chi connectivity index (χ3n) is 9.27. The van der Waals surface area contributed by atoms with Crippen LogP contribution in [0.3, 0.4) is 0 Å². The predicted octanol–water partition coefficient (Wildman–Crippen LogP) is 5.72. The maximum atomic E-state index is 12.8. The maximum Gasteiger partial charge on any atom is 0.309 e. The van der Waals surface area contributed by atoms with Gasteiger partial charge in [-0.15, -0.1) is 5.10 Å². The minimum Gasteiger partial charge on any atom is -0.487 e. The van der Waals surface area contributed by atoms with Gasteiger partial charge in [0.15, 0.2) is 0 Å². The summed E-state index contributed by atoms with van der Waals surface area (Å²) in [5, 5.41) is 19.2. The number of pyridine rings is 1. The quantitative estimate of drug-likeness (QED) is 0.407. The van der Waals surface area contributed by atoms with Crippen molar-refractivity contribution in [1.29, 1.82) is 0 Å². The van der Waals surface area contributed by atoms with Gasteiger partial charge in [-0.25, -0.2) is 4.68 Å². The molecule has 0 amide bonds. The van der Waals surface area contributed by atoms with Crippen LogP contribution in [-0.2, 0) is 24.9 Å². The second-order valence-corrected chi connectivity index (χ2v) is 12.3. The highest BCUT2D eigenvalue weighted by molar-refractivity contribution is 5.76. The van der Waals surface area contributed by atoms with E-state index < -0.39 is 16.8 Å². The Balaban J connectivity index is 1.54. The van der Waals surface area contributed by atoms with E-state index in [1.807, 2.05) is 39.2 Å². The van der Waals surface area contributed by atoms with Crippen molar-refractivity contribution >= 4 is 12.0 Å². The van der Waals surface area contributed by atoms with Gasteiger partial charge >= 0.3 is 5.97 Å². The number of fused-ring (bicyclic) bond motifs is 2. The van der Waals surface area contributed by atoms with Crippen molar-refractivity contribution in [3.63, 3.8) is 0 Å². The van der Waals surface area contributed by atoms with Crippen molar-refractivity contribution in [2.24, 2.45) is 17.9 Å². The number of aliphatic carboxylic acids is 1. The highest BCUT2D eigenvalue weighted by Gasteiger charge is 2.52. The lowest BCUT2D eigenvalue weighted by Crippen LogP contribution is -2.43. The monoisotopic (exact) mass is 543 g/mol. The molecule has 4 atom stereocenters. The number of hydrogen-bond acceptors (Lipinski definition) is 6. The first kappa shape index (κ1) is 28.0. The van der Waals surface area contributed by atoms with E-state index in [1.54, 1.807) is 4.68 Å². The molecule has 40 heavy (non-hydrogen) atoms. The van der Waals surface area contributed by atoms with Gasteiger partial charge in [0.2, 0.25) is 0 Å². The van der Waals surface area contributed by atoms with Crippen LogP contribution in [0.25, 0.3) is 6.08 Å². The van der Waals surface area contributed by atoms with Gasteiger partial charge in [0.25, 0.3) is 0 Å². The van der Waals surface area contributed by atoms with E-state index in [1.165, 1.54) is 11.1 Å². The number of benzene rings is 1. The number of carboxylic acid groups (broad SMARTS) is 1. The van der Waals surface area contributed by atoms with Crippen molar-refractivity contribution in [2.75, 3.05) is 6.54 Å². The number of rotatable bonds is 7. The summed E-state index contributed by atoms with van der Waals surface area (Å²) >= 11 is 0. The van der Waals surface area contributed by atoms with Crippen molar-refractivity contribution in [2.45, 2.75) is 79.0 Å². The van der Waals surface area contributed by atoms with Crippen LogP contribution in [0, 0.1) is 17.8 Å². The first-order valence-corrected chi connectivity index (χ1v) is 14.2. The second-order valence-electron chi connectivity index (χ2n) is 12.3. The number of allylic oxidation sites excluding steroid dienone is 1. The summed E-state index contributed by atoms with van der Waals surface area (Å²) in [4.78, 5) is 19.8. The molecule has 0 fully saturated rings. The van der Waals surface area contributed by atoms with Crippen LogP contribution in [-0.4, -0.2) is 48.6 Å². The third kappa shape index (κ3) is 4.83. The van der Waals surface area contributed by atoms with Crippen LogP contribution >= 0.6 is 0 Å². The topological polar surface area (TPSA) is 93.4 Å². The molecule has 2 aromatic heterocycles. The van der Waals surface area contributed by atoms with Crippen LogP contribution in [0.2, 0.25) is 0 Å².